The molecule has 28 heavy (non-hydrogen) atoms. The standard InChI is InChI=1S/C15H15ClF5N5O2/c1-7(15(19,20)21)25-14(27)28-5-10(22)8-2-3-9(16)11(4-8)26-13(12(17)18)23-6-24-26/h2-4,6-7,10,12H,5,22H2,1H3,(H,25,27). The van der Waals surface area contributed by atoms with Gasteiger partial charge in [-0.05, 0) is 24.6 Å². The fraction of sp³-hybridized carbons (Fsp3) is 0.400. The molecule has 0 radical (unpaired) electrons. The zero-order chi connectivity index (χ0) is 21.1. The molecule has 154 valence electrons. The molecule has 0 saturated carbocycles. The van der Waals surface area contributed by atoms with E-state index in [2.05, 4.69) is 14.8 Å². The van der Waals surface area contributed by atoms with E-state index in [0.29, 0.717) is 5.56 Å². The van der Waals surface area contributed by atoms with Gasteiger partial charge in [0.05, 0.1) is 16.8 Å². The summed E-state index contributed by atoms with van der Waals surface area (Å²) in [7, 11) is 0. The summed E-state index contributed by atoms with van der Waals surface area (Å²) in [6.45, 7) is 0.294. The Morgan fingerprint density at radius 1 is 1.39 bits per heavy atom. The van der Waals surface area contributed by atoms with Crippen molar-refractivity contribution in [1.29, 1.82) is 0 Å². The van der Waals surface area contributed by atoms with Crippen molar-refractivity contribution in [2.45, 2.75) is 31.6 Å². The zero-order valence-electron chi connectivity index (χ0n) is 14.3. The van der Waals surface area contributed by atoms with Gasteiger partial charge in [0.1, 0.15) is 19.0 Å². The highest BCUT2D eigenvalue weighted by atomic mass is 35.5. The first-order chi connectivity index (χ1) is 13.0. The largest absolute Gasteiger partial charge is 0.448 e. The number of aromatic nitrogens is 3. The molecule has 1 amide bonds. The summed E-state index contributed by atoms with van der Waals surface area (Å²) in [6, 6.07) is 1.11. The average molecular weight is 428 g/mol. The summed E-state index contributed by atoms with van der Waals surface area (Å²) in [6.07, 6.45) is -7.89. The summed E-state index contributed by atoms with van der Waals surface area (Å²) in [5.74, 6) is -0.635. The van der Waals surface area contributed by atoms with Gasteiger partial charge >= 0.3 is 12.3 Å². The lowest BCUT2D eigenvalue weighted by Gasteiger charge is -2.19. The Morgan fingerprint density at radius 2 is 2.07 bits per heavy atom. The first kappa shape index (κ1) is 21.8. The Bertz CT molecular complexity index is 829. The van der Waals surface area contributed by atoms with Crippen molar-refractivity contribution < 1.29 is 31.5 Å². The number of nitrogens with two attached hydrogens (primary N) is 1. The molecule has 2 atom stereocenters. The summed E-state index contributed by atoms with van der Waals surface area (Å²) in [4.78, 5) is 14.9. The lowest BCUT2D eigenvalue weighted by Crippen LogP contribution is -2.43. The number of benzene rings is 1. The fourth-order valence-corrected chi connectivity index (χ4v) is 2.27. The molecule has 2 unspecified atom stereocenters. The third-order valence-electron chi connectivity index (χ3n) is 3.62. The molecule has 0 aliphatic heterocycles. The first-order valence-electron chi connectivity index (χ1n) is 7.74. The maximum absolute atomic E-state index is 13.0. The van der Waals surface area contributed by atoms with E-state index in [4.69, 9.17) is 17.3 Å². The number of alkyl halides is 5. The van der Waals surface area contributed by atoms with Crippen molar-refractivity contribution in [1.82, 2.24) is 20.1 Å². The predicted molar refractivity (Wildman–Crippen MR) is 88.3 cm³/mol. The van der Waals surface area contributed by atoms with Gasteiger partial charge in [0.15, 0.2) is 5.82 Å². The van der Waals surface area contributed by atoms with Crippen LogP contribution >= 0.6 is 11.6 Å². The monoisotopic (exact) mass is 427 g/mol. The second-order valence-electron chi connectivity index (χ2n) is 5.65. The van der Waals surface area contributed by atoms with Crippen LogP contribution in [-0.4, -0.2) is 39.7 Å². The molecule has 0 saturated heterocycles. The second-order valence-corrected chi connectivity index (χ2v) is 6.06. The summed E-state index contributed by atoms with van der Waals surface area (Å²) in [5.41, 5.74) is 6.26. The highest BCUT2D eigenvalue weighted by molar-refractivity contribution is 6.32. The predicted octanol–water partition coefficient (Wildman–Crippen LogP) is 3.54. The molecule has 0 aliphatic rings. The molecule has 0 aliphatic carbocycles. The molecule has 1 aromatic heterocycles. The van der Waals surface area contributed by atoms with Gasteiger partial charge in [0.2, 0.25) is 0 Å². The third-order valence-corrected chi connectivity index (χ3v) is 3.93. The Kier molecular flexibility index (Phi) is 6.77. The number of rotatable bonds is 6. The van der Waals surface area contributed by atoms with Gasteiger partial charge in [-0.3, -0.25) is 0 Å². The van der Waals surface area contributed by atoms with Crippen molar-refractivity contribution >= 4 is 17.7 Å². The van der Waals surface area contributed by atoms with Crippen molar-refractivity contribution in [2.24, 2.45) is 5.73 Å². The van der Waals surface area contributed by atoms with Gasteiger partial charge in [-0.25, -0.2) is 23.2 Å². The molecule has 1 heterocycles. The number of carbonyl (C=O) groups is 1. The molecule has 1 aromatic carbocycles. The first-order valence-corrected chi connectivity index (χ1v) is 8.12. The number of hydrogen-bond donors (Lipinski definition) is 2. The van der Waals surface area contributed by atoms with E-state index in [1.54, 1.807) is 5.32 Å². The summed E-state index contributed by atoms with van der Waals surface area (Å²) >= 11 is 6.02. The van der Waals surface area contributed by atoms with E-state index in [1.165, 1.54) is 18.2 Å². The molecule has 7 nitrogen and oxygen atoms in total. The SMILES string of the molecule is CC(NC(=O)OCC(N)c1ccc(Cl)c(-n2ncnc2C(F)F)c1)C(F)(F)F. The molecule has 13 heteroatoms. The molecule has 2 aromatic rings. The van der Waals surface area contributed by atoms with Crippen molar-refractivity contribution in [3.63, 3.8) is 0 Å². The van der Waals surface area contributed by atoms with E-state index >= 15 is 0 Å². The van der Waals surface area contributed by atoms with Gasteiger partial charge in [0.25, 0.3) is 6.43 Å². The van der Waals surface area contributed by atoms with Crippen LogP contribution in [-0.2, 0) is 4.74 Å². The van der Waals surface area contributed by atoms with Crippen LogP contribution in [0.5, 0.6) is 0 Å². The van der Waals surface area contributed by atoms with E-state index in [9.17, 15) is 26.7 Å². The van der Waals surface area contributed by atoms with E-state index in [1.807, 2.05) is 0 Å². The molecule has 3 N–H and O–H groups in total. The summed E-state index contributed by atoms with van der Waals surface area (Å²) < 4.78 is 68.7. The topological polar surface area (TPSA) is 95.1 Å². The van der Waals surface area contributed by atoms with Gasteiger partial charge in [-0.1, -0.05) is 17.7 Å². The highest BCUT2D eigenvalue weighted by Gasteiger charge is 2.37. The molecular formula is C15H15ClF5N5O2. The molecule has 0 fully saturated rings. The summed E-state index contributed by atoms with van der Waals surface area (Å²) in [5, 5.41) is 5.40. The lowest BCUT2D eigenvalue weighted by atomic mass is 10.1. The Labute approximate surface area is 160 Å². The fourth-order valence-electron chi connectivity index (χ4n) is 2.07. The molecular weight excluding hydrogens is 413 g/mol. The minimum Gasteiger partial charge on any atom is -0.448 e. The van der Waals surface area contributed by atoms with Crippen molar-refractivity contribution in [2.75, 3.05) is 6.61 Å². The number of hydrogen-bond acceptors (Lipinski definition) is 5. The Balaban J connectivity index is 2.09. The van der Waals surface area contributed by atoms with Crippen molar-refractivity contribution in [3.05, 3.63) is 40.9 Å². The van der Waals surface area contributed by atoms with Gasteiger partial charge < -0.3 is 15.8 Å². The Morgan fingerprint density at radius 3 is 2.68 bits per heavy atom. The van der Waals surface area contributed by atoms with Crippen LogP contribution in [0.4, 0.5) is 26.7 Å². The average Bonchev–Trinajstić information content (AvgIpc) is 3.09. The third kappa shape index (κ3) is 5.29. The van der Waals surface area contributed by atoms with Crippen LogP contribution in [0.2, 0.25) is 5.02 Å². The second kappa shape index (κ2) is 8.69. The number of halogens is 6. The van der Waals surface area contributed by atoms with Crippen LogP contribution in [0, 0.1) is 0 Å². The number of carbonyl (C=O) groups excluding carboxylic acids is 1. The quantitative estimate of drug-likeness (QED) is 0.688. The number of alkyl carbamates (subject to hydrolysis) is 1. The van der Waals surface area contributed by atoms with Crippen molar-refractivity contribution in [3.8, 4) is 5.69 Å². The minimum absolute atomic E-state index is 0.0672. The Hall–Kier alpha value is -2.47. The van der Waals surface area contributed by atoms with Gasteiger partial charge in [-0.2, -0.15) is 18.3 Å². The van der Waals surface area contributed by atoms with Gasteiger partial charge in [0, 0.05) is 0 Å². The number of nitrogens with one attached hydrogen (secondary N) is 1. The lowest BCUT2D eigenvalue weighted by molar-refractivity contribution is -0.150. The van der Waals surface area contributed by atoms with Crippen LogP contribution in [0.3, 0.4) is 0 Å². The van der Waals surface area contributed by atoms with E-state index in [0.717, 1.165) is 17.9 Å². The molecule has 0 spiro atoms. The zero-order valence-corrected chi connectivity index (χ0v) is 15.0. The van der Waals surface area contributed by atoms with E-state index < -0.39 is 43.2 Å². The molecule has 0 bridgehead atoms. The maximum atomic E-state index is 13.0. The smallest absolute Gasteiger partial charge is 0.408 e. The van der Waals surface area contributed by atoms with E-state index in [-0.39, 0.29) is 10.7 Å². The normalized spacial score (nSPS) is 14.0. The van der Waals surface area contributed by atoms with Gasteiger partial charge in [-0.15, -0.1) is 0 Å². The van der Waals surface area contributed by atoms with Crippen LogP contribution in [0.25, 0.3) is 5.69 Å². The maximum Gasteiger partial charge on any atom is 0.408 e. The highest BCUT2D eigenvalue weighted by Crippen LogP contribution is 2.27. The molecule has 2 rings (SSSR count). The number of nitrogens with zero attached hydrogens (tertiary/aromatic N) is 3. The minimum atomic E-state index is -4.62. The number of ether oxygens (including phenoxy) is 1. The van der Waals surface area contributed by atoms with Crippen LogP contribution in [0.1, 0.15) is 30.8 Å². The number of amides is 1. The van der Waals surface area contributed by atoms with Crippen LogP contribution < -0.4 is 11.1 Å². The van der Waals surface area contributed by atoms with Crippen LogP contribution in [0.15, 0.2) is 24.5 Å².